The van der Waals surface area contributed by atoms with Crippen molar-refractivity contribution in [3.05, 3.63) is 35.4 Å². The van der Waals surface area contributed by atoms with E-state index in [0.717, 1.165) is 18.5 Å². The van der Waals surface area contributed by atoms with E-state index in [1.807, 2.05) is 12.1 Å². The van der Waals surface area contributed by atoms with E-state index >= 15 is 0 Å². The number of amides is 1. The van der Waals surface area contributed by atoms with Gasteiger partial charge in [0.25, 0.3) is 5.91 Å². The number of benzene rings is 1. The molecule has 19 heavy (non-hydrogen) atoms. The zero-order valence-electron chi connectivity index (χ0n) is 11.9. The van der Waals surface area contributed by atoms with Crippen LogP contribution in [0.15, 0.2) is 24.3 Å². The molecule has 1 aliphatic heterocycles. The Kier molecular flexibility index (Phi) is 3.34. The SMILES string of the molecule is CCC1c2ccccc2C(=O)N(CC)C2CCCC12. The van der Waals surface area contributed by atoms with Crippen molar-refractivity contribution in [1.29, 1.82) is 0 Å². The molecular formula is C17H23NO. The summed E-state index contributed by atoms with van der Waals surface area (Å²) in [6.45, 7) is 5.22. The predicted molar refractivity (Wildman–Crippen MR) is 77.3 cm³/mol. The largest absolute Gasteiger partial charge is 0.336 e. The zero-order valence-corrected chi connectivity index (χ0v) is 11.9. The van der Waals surface area contributed by atoms with Crippen molar-refractivity contribution in [2.45, 2.75) is 51.5 Å². The van der Waals surface area contributed by atoms with Crippen LogP contribution in [0.5, 0.6) is 0 Å². The van der Waals surface area contributed by atoms with Crippen LogP contribution < -0.4 is 0 Å². The fourth-order valence-electron chi connectivity index (χ4n) is 4.28. The third kappa shape index (κ3) is 1.89. The third-order valence-corrected chi connectivity index (χ3v) is 5.08. The minimum atomic E-state index is 0.256. The Labute approximate surface area is 115 Å². The van der Waals surface area contributed by atoms with Crippen molar-refractivity contribution in [2.75, 3.05) is 6.54 Å². The van der Waals surface area contributed by atoms with Crippen LogP contribution in [-0.2, 0) is 0 Å². The summed E-state index contributed by atoms with van der Waals surface area (Å²) in [6, 6.07) is 8.74. The van der Waals surface area contributed by atoms with Crippen molar-refractivity contribution < 1.29 is 4.79 Å². The number of fused-ring (bicyclic) bond motifs is 2. The van der Waals surface area contributed by atoms with Gasteiger partial charge in [-0.15, -0.1) is 0 Å². The molecule has 1 amide bonds. The predicted octanol–water partition coefficient (Wildman–Crippen LogP) is 3.82. The van der Waals surface area contributed by atoms with Crippen molar-refractivity contribution in [3.63, 3.8) is 0 Å². The molecule has 0 aromatic heterocycles. The summed E-state index contributed by atoms with van der Waals surface area (Å²) in [5.74, 6) is 1.48. The lowest BCUT2D eigenvalue weighted by Gasteiger charge is -2.32. The normalized spacial score (nSPS) is 29.9. The van der Waals surface area contributed by atoms with Crippen LogP contribution in [0, 0.1) is 5.92 Å². The summed E-state index contributed by atoms with van der Waals surface area (Å²) < 4.78 is 0. The number of hydrogen-bond acceptors (Lipinski definition) is 1. The van der Waals surface area contributed by atoms with Gasteiger partial charge in [0.2, 0.25) is 0 Å². The fraction of sp³-hybridized carbons (Fsp3) is 0.588. The minimum absolute atomic E-state index is 0.256. The van der Waals surface area contributed by atoms with Gasteiger partial charge in [0.1, 0.15) is 0 Å². The maximum Gasteiger partial charge on any atom is 0.254 e. The molecule has 1 aliphatic carbocycles. The van der Waals surface area contributed by atoms with Gasteiger partial charge in [-0.3, -0.25) is 4.79 Å². The van der Waals surface area contributed by atoms with Crippen molar-refractivity contribution in [1.82, 2.24) is 4.90 Å². The monoisotopic (exact) mass is 257 g/mol. The fourth-order valence-corrected chi connectivity index (χ4v) is 4.28. The van der Waals surface area contributed by atoms with Gasteiger partial charge in [0, 0.05) is 18.2 Å². The van der Waals surface area contributed by atoms with E-state index < -0.39 is 0 Å². The lowest BCUT2D eigenvalue weighted by atomic mass is 9.80. The first-order chi connectivity index (χ1) is 9.27. The number of rotatable bonds is 2. The molecule has 0 radical (unpaired) electrons. The first-order valence-electron chi connectivity index (χ1n) is 7.67. The van der Waals surface area contributed by atoms with E-state index in [1.165, 1.54) is 24.8 Å². The van der Waals surface area contributed by atoms with Crippen LogP contribution in [0.1, 0.15) is 61.4 Å². The maximum atomic E-state index is 12.8. The van der Waals surface area contributed by atoms with E-state index in [4.69, 9.17) is 0 Å². The molecule has 1 fully saturated rings. The zero-order chi connectivity index (χ0) is 13.4. The molecule has 1 aromatic carbocycles. The molecule has 3 atom stereocenters. The first-order valence-corrected chi connectivity index (χ1v) is 7.67. The summed E-state index contributed by atoms with van der Waals surface area (Å²) in [6.07, 6.45) is 4.89. The van der Waals surface area contributed by atoms with Crippen LogP contribution in [0.4, 0.5) is 0 Å². The Bertz CT molecular complexity index is 482. The van der Waals surface area contributed by atoms with Gasteiger partial charge in [-0.2, -0.15) is 0 Å². The molecule has 3 unspecified atom stereocenters. The molecule has 2 aliphatic rings. The highest BCUT2D eigenvalue weighted by atomic mass is 16.2. The molecule has 1 heterocycles. The number of hydrogen-bond donors (Lipinski definition) is 0. The third-order valence-electron chi connectivity index (χ3n) is 5.08. The molecule has 1 saturated carbocycles. The Balaban J connectivity index is 2.14. The van der Waals surface area contributed by atoms with Crippen LogP contribution in [0.3, 0.4) is 0 Å². The summed E-state index contributed by atoms with van der Waals surface area (Å²) in [7, 11) is 0. The van der Waals surface area contributed by atoms with E-state index in [2.05, 4.69) is 30.9 Å². The standard InChI is InChI=1S/C17H23NO/c1-3-12-13-8-5-6-9-15(13)17(19)18(4-2)16-11-7-10-14(12)16/h5-6,8-9,12,14,16H,3-4,7,10-11H2,1-2H3. The maximum absolute atomic E-state index is 12.8. The van der Waals surface area contributed by atoms with Crippen molar-refractivity contribution >= 4 is 5.91 Å². The summed E-state index contributed by atoms with van der Waals surface area (Å²) in [5.41, 5.74) is 2.24. The smallest absolute Gasteiger partial charge is 0.254 e. The molecule has 2 nitrogen and oxygen atoms in total. The number of carbonyl (C=O) groups excluding carboxylic acids is 1. The van der Waals surface area contributed by atoms with E-state index in [9.17, 15) is 4.79 Å². The second kappa shape index (κ2) is 4.99. The molecule has 1 aromatic rings. The van der Waals surface area contributed by atoms with Gasteiger partial charge in [-0.05, 0) is 49.7 Å². The van der Waals surface area contributed by atoms with Crippen LogP contribution >= 0.6 is 0 Å². The second-order valence-corrected chi connectivity index (χ2v) is 5.86. The van der Waals surface area contributed by atoms with Gasteiger partial charge in [-0.25, -0.2) is 0 Å². The molecule has 3 rings (SSSR count). The van der Waals surface area contributed by atoms with Crippen LogP contribution in [0.25, 0.3) is 0 Å². The Morgan fingerprint density at radius 2 is 2.00 bits per heavy atom. The number of carbonyl (C=O) groups is 1. The molecule has 0 bridgehead atoms. The Morgan fingerprint density at radius 3 is 2.74 bits per heavy atom. The van der Waals surface area contributed by atoms with Gasteiger partial charge < -0.3 is 4.90 Å². The van der Waals surface area contributed by atoms with E-state index in [1.54, 1.807) is 0 Å². The average molecular weight is 257 g/mol. The average Bonchev–Trinajstić information content (AvgIpc) is 2.87. The highest BCUT2D eigenvalue weighted by Gasteiger charge is 2.42. The van der Waals surface area contributed by atoms with Gasteiger partial charge in [0.05, 0.1) is 0 Å². The minimum Gasteiger partial charge on any atom is -0.336 e. The van der Waals surface area contributed by atoms with Crippen LogP contribution in [0.2, 0.25) is 0 Å². The van der Waals surface area contributed by atoms with Crippen molar-refractivity contribution in [2.24, 2.45) is 5.92 Å². The molecule has 0 saturated heterocycles. The second-order valence-electron chi connectivity index (χ2n) is 5.86. The first kappa shape index (κ1) is 12.7. The molecular weight excluding hydrogens is 234 g/mol. The van der Waals surface area contributed by atoms with Crippen LogP contribution in [-0.4, -0.2) is 23.4 Å². The summed E-state index contributed by atoms with van der Waals surface area (Å²) in [5, 5.41) is 0. The number of nitrogens with zero attached hydrogens (tertiary/aromatic N) is 1. The Hall–Kier alpha value is -1.31. The van der Waals surface area contributed by atoms with Gasteiger partial charge >= 0.3 is 0 Å². The summed E-state index contributed by atoms with van der Waals surface area (Å²) in [4.78, 5) is 14.9. The highest BCUT2D eigenvalue weighted by molar-refractivity contribution is 5.96. The van der Waals surface area contributed by atoms with E-state index in [-0.39, 0.29) is 5.91 Å². The molecule has 2 heteroatoms. The lowest BCUT2D eigenvalue weighted by molar-refractivity contribution is 0.0654. The summed E-state index contributed by atoms with van der Waals surface area (Å²) >= 11 is 0. The highest BCUT2D eigenvalue weighted by Crippen LogP contribution is 2.45. The lowest BCUT2D eigenvalue weighted by Crippen LogP contribution is -2.41. The van der Waals surface area contributed by atoms with Crippen molar-refractivity contribution in [3.8, 4) is 0 Å². The van der Waals surface area contributed by atoms with Gasteiger partial charge in [0.15, 0.2) is 0 Å². The Morgan fingerprint density at radius 1 is 1.21 bits per heavy atom. The van der Waals surface area contributed by atoms with Gasteiger partial charge in [-0.1, -0.05) is 31.5 Å². The topological polar surface area (TPSA) is 20.3 Å². The molecule has 0 spiro atoms. The van der Waals surface area contributed by atoms with E-state index in [0.29, 0.717) is 17.9 Å². The molecule has 0 N–H and O–H groups in total. The quantitative estimate of drug-likeness (QED) is 0.788. The molecule has 102 valence electrons.